The molecule has 0 atom stereocenters. The zero-order valence-electron chi connectivity index (χ0n) is 17.8. The van der Waals surface area contributed by atoms with Gasteiger partial charge in [0.1, 0.15) is 12.4 Å². The van der Waals surface area contributed by atoms with Crippen LogP contribution in [-0.4, -0.2) is 36.2 Å². The van der Waals surface area contributed by atoms with Gasteiger partial charge in [0.2, 0.25) is 0 Å². The van der Waals surface area contributed by atoms with Gasteiger partial charge in [-0.05, 0) is 46.4 Å². The lowest BCUT2D eigenvalue weighted by atomic mass is 9.98. The number of rotatable bonds is 5. The number of nitrogens with one attached hydrogen (secondary N) is 2. The summed E-state index contributed by atoms with van der Waals surface area (Å²) in [7, 11) is 0. The summed E-state index contributed by atoms with van der Waals surface area (Å²) in [6.07, 6.45) is -0.684. The van der Waals surface area contributed by atoms with E-state index in [1.54, 1.807) is 0 Å². The van der Waals surface area contributed by atoms with Gasteiger partial charge in [-0.2, -0.15) is 0 Å². The molecule has 3 aromatic carbocycles. The predicted molar refractivity (Wildman–Crippen MR) is 123 cm³/mol. The molecule has 3 aromatic rings. The summed E-state index contributed by atoms with van der Waals surface area (Å²) in [5.41, 5.74) is 3.94. The number of carbonyl (C=O) groups excluding carboxylic acids is 2. The molecule has 1 aliphatic carbocycles. The van der Waals surface area contributed by atoms with Gasteiger partial charge >= 0.3 is 12.1 Å². The van der Waals surface area contributed by atoms with E-state index in [0.29, 0.717) is 0 Å². The van der Waals surface area contributed by atoms with Crippen LogP contribution < -0.4 is 10.6 Å². The number of ether oxygens (including phenoxy) is 1. The Kier molecular flexibility index (Phi) is 6.55. The van der Waals surface area contributed by atoms with E-state index in [1.165, 1.54) is 0 Å². The van der Waals surface area contributed by atoms with Crippen LogP contribution in [0.15, 0.2) is 66.7 Å². The quantitative estimate of drug-likeness (QED) is 0.502. The summed E-state index contributed by atoms with van der Waals surface area (Å²) in [6.45, 7) is -0.0191. The smallest absolute Gasteiger partial charge is 0.407 e. The third-order valence-corrected chi connectivity index (χ3v) is 5.33. The summed E-state index contributed by atoms with van der Waals surface area (Å²) >= 11 is 0. The van der Waals surface area contributed by atoms with Crippen LogP contribution in [0.4, 0.5) is 14.9 Å². The number of amides is 2. The fourth-order valence-electron chi connectivity index (χ4n) is 3.80. The van der Waals surface area contributed by atoms with Gasteiger partial charge in [-0.1, -0.05) is 54.5 Å². The van der Waals surface area contributed by atoms with Gasteiger partial charge in [-0.25, -0.2) is 14.0 Å². The number of alkyl carbamates (subject to hydrolysis) is 1. The number of hydrogen-bond donors (Lipinski definition) is 3. The second kappa shape index (κ2) is 9.88. The van der Waals surface area contributed by atoms with Gasteiger partial charge in [-0.3, -0.25) is 4.79 Å². The highest BCUT2D eigenvalue weighted by Gasteiger charge is 2.28. The van der Waals surface area contributed by atoms with Gasteiger partial charge < -0.3 is 20.5 Å². The Morgan fingerprint density at radius 3 is 2.26 bits per heavy atom. The standard InChI is InChI=1S/C26H19FN2O5/c27-22-12-11-16(25(31)32)14-23(22)29-24(30)10-5-13-28-26(33)34-15-21-19-8-3-1-6-17(19)18-7-2-4-9-20(18)21/h1-4,6-9,11-12,14,21H,13,15H2,(H,28,33)(H,29,30)(H,31,32). The Morgan fingerprint density at radius 1 is 0.971 bits per heavy atom. The van der Waals surface area contributed by atoms with Crippen LogP contribution in [0.5, 0.6) is 0 Å². The Labute approximate surface area is 194 Å². The number of benzene rings is 3. The van der Waals surface area contributed by atoms with Crippen molar-refractivity contribution >= 4 is 23.7 Å². The number of hydrogen-bond acceptors (Lipinski definition) is 4. The normalized spacial score (nSPS) is 11.4. The fraction of sp³-hybridized carbons (Fsp3) is 0.115. The van der Waals surface area contributed by atoms with E-state index in [2.05, 4.69) is 22.5 Å². The minimum Gasteiger partial charge on any atom is -0.478 e. The molecular weight excluding hydrogens is 439 g/mol. The van der Waals surface area contributed by atoms with E-state index in [0.717, 1.165) is 40.5 Å². The maximum Gasteiger partial charge on any atom is 0.407 e. The maximum absolute atomic E-state index is 13.8. The Hall–Kier alpha value is -4.64. The zero-order chi connectivity index (χ0) is 24.1. The first-order valence-corrected chi connectivity index (χ1v) is 10.4. The number of halogens is 1. The molecule has 8 heteroatoms. The van der Waals surface area contributed by atoms with Crippen LogP contribution in [0.25, 0.3) is 11.1 Å². The molecule has 2 amide bonds. The molecule has 0 spiro atoms. The Balaban J connectivity index is 1.29. The number of carboxylic acids is 1. The van der Waals surface area contributed by atoms with Crippen molar-refractivity contribution in [1.82, 2.24) is 5.32 Å². The van der Waals surface area contributed by atoms with Gasteiger partial charge in [0.15, 0.2) is 0 Å². The second-order valence-corrected chi connectivity index (χ2v) is 7.43. The summed E-state index contributed by atoms with van der Waals surface area (Å²) in [5.74, 6) is 1.66. The van der Waals surface area contributed by atoms with Gasteiger partial charge in [0.25, 0.3) is 5.91 Å². The largest absolute Gasteiger partial charge is 0.478 e. The lowest BCUT2D eigenvalue weighted by Crippen LogP contribution is -2.26. The van der Waals surface area contributed by atoms with Crippen molar-refractivity contribution < 1.29 is 28.6 Å². The molecule has 0 unspecified atom stereocenters. The van der Waals surface area contributed by atoms with Crippen molar-refractivity contribution in [2.75, 3.05) is 18.5 Å². The van der Waals surface area contributed by atoms with Gasteiger partial charge in [0.05, 0.1) is 17.8 Å². The lowest BCUT2D eigenvalue weighted by Gasteiger charge is -2.14. The number of aromatic carboxylic acids is 1. The van der Waals surface area contributed by atoms with Crippen LogP contribution >= 0.6 is 0 Å². The van der Waals surface area contributed by atoms with Crippen LogP contribution in [0.3, 0.4) is 0 Å². The Morgan fingerprint density at radius 2 is 1.62 bits per heavy atom. The molecule has 4 rings (SSSR count). The van der Waals surface area contributed by atoms with Crippen molar-refractivity contribution in [1.29, 1.82) is 0 Å². The summed E-state index contributed by atoms with van der Waals surface area (Å²) in [5, 5.41) is 13.6. The van der Waals surface area contributed by atoms with Crippen LogP contribution in [0, 0.1) is 17.7 Å². The Bertz CT molecular complexity index is 1300. The topological polar surface area (TPSA) is 105 Å². The molecule has 7 nitrogen and oxygen atoms in total. The van der Waals surface area contributed by atoms with Crippen molar-refractivity contribution in [2.45, 2.75) is 5.92 Å². The average molecular weight is 458 g/mol. The SMILES string of the molecule is O=C(C#CCNC(=O)OCC1c2ccccc2-c2ccccc21)Nc1cc(C(=O)O)ccc1F. The monoisotopic (exact) mass is 458 g/mol. The first kappa shape index (κ1) is 22.6. The molecule has 0 heterocycles. The third kappa shape index (κ3) is 4.89. The second-order valence-electron chi connectivity index (χ2n) is 7.43. The molecule has 0 fully saturated rings. The molecule has 34 heavy (non-hydrogen) atoms. The van der Waals surface area contributed by atoms with Crippen molar-refractivity contribution in [3.63, 3.8) is 0 Å². The molecule has 0 saturated heterocycles. The maximum atomic E-state index is 13.8. The van der Waals surface area contributed by atoms with E-state index in [1.807, 2.05) is 48.5 Å². The molecule has 0 aromatic heterocycles. The van der Waals surface area contributed by atoms with E-state index in [9.17, 15) is 18.8 Å². The summed E-state index contributed by atoms with van der Waals surface area (Å²) in [6, 6.07) is 19.0. The third-order valence-electron chi connectivity index (χ3n) is 5.33. The van der Waals surface area contributed by atoms with Crippen LogP contribution in [0.2, 0.25) is 0 Å². The highest BCUT2D eigenvalue weighted by Crippen LogP contribution is 2.44. The number of fused-ring (bicyclic) bond motifs is 3. The lowest BCUT2D eigenvalue weighted by molar-refractivity contribution is -0.111. The molecule has 0 radical (unpaired) electrons. The first-order chi connectivity index (χ1) is 16.4. The summed E-state index contributed by atoms with van der Waals surface area (Å²) < 4.78 is 19.1. The van der Waals surface area contributed by atoms with Crippen molar-refractivity contribution in [3.05, 3.63) is 89.2 Å². The van der Waals surface area contributed by atoms with E-state index in [-0.39, 0.29) is 30.3 Å². The molecule has 0 saturated carbocycles. The minimum atomic E-state index is -1.26. The molecule has 0 bridgehead atoms. The molecule has 1 aliphatic rings. The molecule has 170 valence electrons. The number of carboxylic acid groups (broad SMARTS) is 1. The summed E-state index contributed by atoms with van der Waals surface area (Å²) in [4.78, 5) is 34.9. The predicted octanol–water partition coefficient (Wildman–Crippen LogP) is 4.00. The van der Waals surface area contributed by atoms with E-state index in [4.69, 9.17) is 9.84 Å². The highest BCUT2D eigenvalue weighted by molar-refractivity contribution is 6.04. The zero-order valence-corrected chi connectivity index (χ0v) is 17.8. The van der Waals surface area contributed by atoms with E-state index >= 15 is 0 Å². The fourth-order valence-corrected chi connectivity index (χ4v) is 3.80. The van der Waals surface area contributed by atoms with Crippen molar-refractivity contribution in [3.8, 4) is 23.0 Å². The molecule has 0 aliphatic heterocycles. The van der Waals surface area contributed by atoms with E-state index < -0.39 is 23.8 Å². The van der Waals surface area contributed by atoms with Gasteiger partial charge in [0, 0.05) is 5.92 Å². The first-order valence-electron chi connectivity index (χ1n) is 10.4. The van der Waals surface area contributed by atoms with Gasteiger partial charge in [-0.15, -0.1) is 0 Å². The van der Waals surface area contributed by atoms with Crippen molar-refractivity contribution in [2.24, 2.45) is 0 Å². The molecular formula is C26H19FN2O5. The molecule has 3 N–H and O–H groups in total. The number of carbonyl (C=O) groups is 3. The van der Waals surface area contributed by atoms with Crippen LogP contribution in [0.1, 0.15) is 27.4 Å². The average Bonchev–Trinajstić information content (AvgIpc) is 3.15. The number of anilines is 1. The minimum absolute atomic E-state index is 0.0773. The van der Waals surface area contributed by atoms with Crippen LogP contribution in [-0.2, 0) is 9.53 Å². The highest BCUT2D eigenvalue weighted by atomic mass is 19.1.